The molecule has 0 unspecified atom stereocenters. The molecular weight excluding hydrogens is 318 g/mol. The summed E-state index contributed by atoms with van der Waals surface area (Å²) >= 11 is 0. The molecule has 0 spiro atoms. The SMILES string of the molecule is Cc1cc(C)n(CCc2nnc(Cn3nc(C(F)F)cc3C)o2)n1. The average Bonchev–Trinajstić information content (AvgIpc) is 3.18. The molecule has 0 N–H and O–H groups in total. The van der Waals surface area contributed by atoms with Crippen molar-refractivity contribution in [2.24, 2.45) is 0 Å². The minimum atomic E-state index is -2.59. The van der Waals surface area contributed by atoms with E-state index in [0.717, 1.165) is 11.4 Å². The van der Waals surface area contributed by atoms with Crippen molar-refractivity contribution in [2.45, 2.75) is 46.7 Å². The summed E-state index contributed by atoms with van der Waals surface area (Å²) in [6.07, 6.45) is -2.04. The molecule has 0 fully saturated rings. The first-order valence-electron chi connectivity index (χ1n) is 7.57. The maximum absolute atomic E-state index is 12.7. The third kappa shape index (κ3) is 3.50. The molecule has 0 radical (unpaired) electrons. The van der Waals surface area contributed by atoms with Crippen molar-refractivity contribution in [3.63, 3.8) is 0 Å². The van der Waals surface area contributed by atoms with Crippen molar-refractivity contribution < 1.29 is 13.2 Å². The van der Waals surface area contributed by atoms with E-state index < -0.39 is 6.43 Å². The maximum Gasteiger partial charge on any atom is 0.282 e. The lowest BCUT2D eigenvalue weighted by Crippen LogP contribution is -2.05. The highest BCUT2D eigenvalue weighted by atomic mass is 19.3. The Kier molecular flexibility index (Phi) is 4.41. The van der Waals surface area contributed by atoms with Crippen molar-refractivity contribution in [1.29, 1.82) is 0 Å². The lowest BCUT2D eigenvalue weighted by atomic mass is 10.4. The normalized spacial score (nSPS) is 11.6. The Balaban J connectivity index is 1.64. The molecule has 0 aromatic carbocycles. The molecule has 0 bridgehead atoms. The third-order valence-corrected chi connectivity index (χ3v) is 3.66. The predicted octanol–water partition coefficient (Wildman–Crippen LogP) is 2.62. The van der Waals surface area contributed by atoms with E-state index in [4.69, 9.17) is 4.42 Å². The fraction of sp³-hybridized carbons (Fsp3) is 0.467. The summed E-state index contributed by atoms with van der Waals surface area (Å²) in [7, 11) is 0. The average molecular weight is 336 g/mol. The second-order valence-electron chi connectivity index (χ2n) is 5.66. The monoisotopic (exact) mass is 336 g/mol. The number of rotatable bonds is 6. The minimum absolute atomic E-state index is 0.172. The zero-order chi connectivity index (χ0) is 17.3. The number of aryl methyl sites for hydroxylation is 5. The first-order chi connectivity index (χ1) is 11.4. The Hall–Kier alpha value is -2.58. The maximum atomic E-state index is 12.7. The Bertz CT molecular complexity index is 835. The van der Waals surface area contributed by atoms with Gasteiger partial charge in [-0.15, -0.1) is 10.2 Å². The topological polar surface area (TPSA) is 74.6 Å². The second-order valence-corrected chi connectivity index (χ2v) is 5.66. The van der Waals surface area contributed by atoms with Crippen LogP contribution in [0.3, 0.4) is 0 Å². The van der Waals surface area contributed by atoms with Crippen LogP contribution in [0, 0.1) is 20.8 Å². The number of nitrogens with zero attached hydrogens (tertiary/aromatic N) is 6. The molecule has 0 saturated carbocycles. The zero-order valence-electron chi connectivity index (χ0n) is 13.7. The van der Waals surface area contributed by atoms with E-state index in [1.807, 2.05) is 24.6 Å². The molecule has 24 heavy (non-hydrogen) atoms. The van der Waals surface area contributed by atoms with Gasteiger partial charge in [0, 0.05) is 24.4 Å². The minimum Gasteiger partial charge on any atom is -0.423 e. The van der Waals surface area contributed by atoms with Crippen LogP contribution in [-0.2, 0) is 19.5 Å². The molecular formula is C15H18F2N6O. The third-order valence-electron chi connectivity index (χ3n) is 3.66. The first kappa shape index (κ1) is 16.3. The van der Waals surface area contributed by atoms with Gasteiger partial charge in [0.1, 0.15) is 12.2 Å². The molecule has 0 aliphatic rings. The quantitative estimate of drug-likeness (QED) is 0.692. The summed E-state index contributed by atoms with van der Waals surface area (Å²) in [4.78, 5) is 0. The zero-order valence-corrected chi connectivity index (χ0v) is 13.7. The number of hydrogen-bond donors (Lipinski definition) is 0. The fourth-order valence-electron chi connectivity index (χ4n) is 2.49. The first-order valence-corrected chi connectivity index (χ1v) is 7.57. The fourth-order valence-corrected chi connectivity index (χ4v) is 2.49. The molecule has 3 heterocycles. The summed E-state index contributed by atoms with van der Waals surface area (Å²) in [5.74, 6) is 0.821. The lowest BCUT2D eigenvalue weighted by Gasteiger charge is -2.01. The Morgan fingerprint density at radius 1 is 1.00 bits per heavy atom. The van der Waals surface area contributed by atoms with E-state index in [9.17, 15) is 8.78 Å². The van der Waals surface area contributed by atoms with Gasteiger partial charge in [0.15, 0.2) is 0 Å². The van der Waals surface area contributed by atoms with E-state index >= 15 is 0 Å². The molecule has 128 valence electrons. The van der Waals surface area contributed by atoms with Crippen LogP contribution in [0.5, 0.6) is 0 Å². The van der Waals surface area contributed by atoms with Crippen LogP contribution in [0.15, 0.2) is 16.5 Å². The van der Waals surface area contributed by atoms with Gasteiger partial charge in [-0.1, -0.05) is 0 Å². The predicted molar refractivity (Wildman–Crippen MR) is 80.7 cm³/mol. The van der Waals surface area contributed by atoms with Crippen LogP contribution in [0.4, 0.5) is 8.78 Å². The molecule has 3 aromatic heterocycles. The smallest absolute Gasteiger partial charge is 0.282 e. The van der Waals surface area contributed by atoms with E-state index in [-0.39, 0.29) is 12.2 Å². The Morgan fingerprint density at radius 2 is 1.71 bits per heavy atom. The van der Waals surface area contributed by atoms with Crippen molar-refractivity contribution in [2.75, 3.05) is 0 Å². The molecule has 0 aliphatic carbocycles. The summed E-state index contributed by atoms with van der Waals surface area (Å²) in [5.41, 5.74) is 2.39. The highest BCUT2D eigenvalue weighted by Gasteiger charge is 2.15. The molecule has 0 amide bonds. The van der Waals surface area contributed by atoms with Crippen LogP contribution in [0.1, 0.15) is 41.0 Å². The van der Waals surface area contributed by atoms with Crippen molar-refractivity contribution >= 4 is 0 Å². The van der Waals surface area contributed by atoms with Crippen molar-refractivity contribution in [3.8, 4) is 0 Å². The largest absolute Gasteiger partial charge is 0.423 e. The van der Waals surface area contributed by atoms with Gasteiger partial charge in [-0.25, -0.2) is 8.78 Å². The number of hydrogen-bond acceptors (Lipinski definition) is 5. The number of alkyl halides is 2. The standard InChI is InChI=1S/C15H18F2N6O/c1-9-6-10(2)22(20-9)5-4-13-18-19-14(24-13)8-23-11(3)7-12(21-23)15(16)17/h6-7,15H,4-5,8H2,1-3H3. The van der Waals surface area contributed by atoms with Gasteiger partial charge >= 0.3 is 0 Å². The Labute approximate surface area is 137 Å². The van der Waals surface area contributed by atoms with E-state index in [1.54, 1.807) is 6.92 Å². The number of aromatic nitrogens is 6. The molecule has 3 rings (SSSR count). The van der Waals surface area contributed by atoms with Crippen LogP contribution < -0.4 is 0 Å². The van der Waals surface area contributed by atoms with Gasteiger partial charge < -0.3 is 4.42 Å². The second kappa shape index (κ2) is 6.50. The van der Waals surface area contributed by atoms with Gasteiger partial charge in [0.05, 0.1) is 5.69 Å². The van der Waals surface area contributed by atoms with Crippen molar-refractivity contribution in [1.82, 2.24) is 29.8 Å². The van der Waals surface area contributed by atoms with E-state index in [2.05, 4.69) is 20.4 Å². The summed E-state index contributed by atoms with van der Waals surface area (Å²) in [5, 5.41) is 16.2. The summed E-state index contributed by atoms with van der Waals surface area (Å²) in [6, 6.07) is 3.35. The van der Waals surface area contributed by atoms with Crippen molar-refractivity contribution in [3.05, 3.63) is 46.7 Å². The van der Waals surface area contributed by atoms with Gasteiger partial charge in [-0.3, -0.25) is 9.36 Å². The lowest BCUT2D eigenvalue weighted by molar-refractivity contribution is 0.145. The van der Waals surface area contributed by atoms with Crippen LogP contribution in [0.2, 0.25) is 0 Å². The molecule has 3 aromatic rings. The van der Waals surface area contributed by atoms with Gasteiger partial charge in [-0.2, -0.15) is 10.2 Å². The summed E-state index contributed by atoms with van der Waals surface area (Å²) < 4.78 is 34.2. The van der Waals surface area contributed by atoms with Gasteiger partial charge in [-0.05, 0) is 32.9 Å². The highest BCUT2D eigenvalue weighted by molar-refractivity contribution is 5.10. The van der Waals surface area contributed by atoms with Crippen LogP contribution in [-0.4, -0.2) is 29.8 Å². The molecule has 7 nitrogen and oxygen atoms in total. The van der Waals surface area contributed by atoms with E-state index in [1.165, 1.54) is 10.7 Å². The molecule has 9 heteroatoms. The molecule has 0 atom stereocenters. The highest BCUT2D eigenvalue weighted by Crippen LogP contribution is 2.18. The van der Waals surface area contributed by atoms with Crippen LogP contribution in [0.25, 0.3) is 0 Å². The molecule has 0 saturated heterocycles. The molecule has 0 aliphatic heterocycles. The van der Waals surface area contributed by atoms with Gasteiger partial charge in [0.25, 0.3) is 6.43 Å². The Morgan fingerprint density at radius 3 is 2.33 bits per heavy atom. The number of halogens is 2. The summed E-state index contributed by atoms with van der Waals surface area (Å²) in [6.45, 7) is 6.44. The van der Waals surface area contributed by atoms with Gasteiger partial charge in [0.2, 0.25) is 11.8 Å². The van der Waals surface area contributed by atoms with Crippen LogP contribution >= 0.6 is 0 Å². The van der Waals surface area contributed by atoms with E-state index in [0.29, 0.717) is 30.4 Å².